The average molecular weight is 285 g/mol. The molecule has 1 aromatic carbocycles. The molecule has 0 atom stereocenters. The lowest BCUT2D eigenvalue weighted by molar-refractivity contribution is -0.00000523. The van der Waals surface area contributed by atoms with Crippen LogP contribution in [0, 0.1) is 5.82 Å². The van der Waals surface area contributed by atoms with E-state index in [1.54, 1.807) is 19.2 Å². The molecule has 1 N–H and O–H groups in total. The summed E-state index contributed by atoms with van der Waals surface area (Å²) in [6, 6.07) is 10.1. The molecule has 2 rings (SSSR count). The summed E-state index contributed by atoms with van der Waals surface area (Å²) in [6.45, 7) is 2.11. The van der Waals surface area contributed by atoms with E-state index in [-0.39, 0.29) is 18.2 Å². The van der Waals surface area contributed by atoms with Crippen molar-refractivity contribution in [2.45, 2.75) is 6.54 Å². The summed E-state index contributed by atoms with van der Waals surface area (Å²) in [7, 11) is 1.67. The standard InChI is InChI=1S/C14H16FNO2.ClH/c1-17-9-8-16-10-13-6-7-14(18-13)11-2-4-12(15)5-3-11;/h2-7,16H,8-10H2,1H3;1H/p-1. The Balaban J connectivity index is 0.00000180. The van der Waals surface area contributed by atoms with Gasteiger partial charge in [0.1, 0.15) is 17.3 Å². The van der Waals surface area contributed by atoms with Crippen LogP contribution >= 0.6 is 0 Å². The number of methoxy groups -OCH3 is 1. The maximum atomic E-state index is 12.8. The first-order valence-electron chi connectivity index (χ1n) is 5.84. The van der Waals surface area contributed by atoms with Crippen molar-refractivity contribution in [1.82, 2.24) is 5.32 Å². The molecule has 0 spiro atoms. The lowest BCUT2D eigenvalue weighted by atomic mass is 10.2. The fraction of sp³-hybridized carbons (Fsp3) is 0.286. The summed E-state index contributed by atoms with van der Waals surface area (Å²) < 4.78 is 23.4. The predicted octanol–water partition coefficient (Wildman–Crippen LogP) is -0.174. The van der Waals surface area contributed by atoms with Crippen molar-refractivity contribution in [2.24, 2.45) is 0 Å². The Morgan fingerprint density at radius 3 is 2.58 bits per heavy atom. The molecule has 0 amide bonds. The van der Waals surface area contributed by atoms with Crippen molar-refractivity contribution >= 4 is 0 Å². The van der Waals surface area contributed by atoms with E-state index in [9.17, 15) is 4.39 Å². The molecule has 5 heteroatoms. The van der Waals surface area contributed by atoms with Gasteiger partial charge in [-0.3, -0.25) is 0 Å². The van der Waals surface area contributed by atoms with E-state index in [2.05, 4.69) is 5.32 Å². The molecule has 0 aliphatic rings. The van der Waals surface area contributed by atoms with Crippen molar-refractivity contribution < 1.29 is 26.0 Å². The highest BCUT2D eigenvalue weighted by molar-refractivity contribution is 5.57. The molecule has 2 aromatic rings. The number of nitrogens with one attached hydrogen (secondary N) is 1. The molecule has 0 radical (unpaired) electrons. The number of furan rings is 1. The second kappa shape index (κ2) is 7.94. The number of benzene rings is 1. The van der Waals surface area contributed by atoms with Gasteiger partial charge in [-0.25, -0.2) is 4.39 Å². The molecule has 19 heavy (non-hydrogen) atoms. The van der Waals surface area contributed by atoms with Crippen molar-refractivity contribution in [3.63, 3.8) is 0 Å². The lowest BCUT2D eigenvalue weighted by Gasteiger charge is -2.01. The molecule has 1 heterocycles. The van der Waals surface area contributed by atoms with Crippen LogP contribution in [0.5, 0.6) is 0 Å². The minimum atomic E-state index is -0.244. The summed E-state index contributed by atoms with van der Waals surface area (Å²) >= 11 is 0. The third-order valence-electron chi connectivity index (χ3n) is 2.57. The predicted molar refractivity (Wildman–Crippen MR) is 67.7 cm³/mol. The summed E-state index contributed by atoms with van der Waals surface area (Å²) in [5, 5.41) is 3.20. The van der Waals surface area contributed by atoms with Crippen molar-refractivity contribution in [3.05, 3.63) is 48.0 Å². The van der Waals surface area contributed by atoms with Crippen LogP contribution in [0.1, 0.15) is 5.76 Å². The third kappa shape index (κ3) is 4.67. The van der Waals surface area contributed by atoms with Crippen LogP contribution in [0.2, 0.25) is 0 Å². The Bertz CT molecular complexity index is 484. The first kappa shape index (κ1) is 15.7. The third-order valence-corrected chi connectivity index (χ3v) is 2.57. The van der Waals surface area contributed by atoms with Crippen LogP contribution in [-0.2, 0) is 11.3 Å². The van der Waals surface area contributed by atoms with Gasteiger partial charge in [0, 0.05) is 19.2 Å². The maximum absolute atomic E-state index is 12.8. The Hall–Kier alpha value is -1.36. The van der Waals surface area contributed by atoms with Gasteiger partial charge in [0.05, 0.1) is 13.2 Å². The molecule has 0 saturated heterocycles. The van der Waals surface area contributed by atoms with Gasteiger partial charge in [-0.2, -0.15) is 0 Å². The van der Waals surface area contributed by atoms with Crippen LogP contribution in [0.25, 0.3) is 11.3 Å². The summed E-state index contributed by atoms with van der Waals surface area (Å²) in [5.41, 5.74) is 0.875. The summed E-state index contributed by atoms with van der Waals surface area (Å²) in [5.74, 6) is 1.36. The second-order valence-corrected chi connectivity index (χ2v) is 3.94. The number of ether oxygens (including phenoxy) is 1. The number of hydrogen-bond donors (Lipinski definition) is 1. The van der Waals surface area contributed by atoms with Crippen LogP contribution in [-0.4, -0.2) is 20.3 Å². The SMILES string of the molecule is COCCNCc1ccc(-c2ccc(F)cc2)o1.[Cl-]. The first-order valence-corrected chi connectivity index (χ1v) is 5.84. The molecule has 0 saturated carbocycles. The van der Waals surface area contributed by atoms with E-state index in [4.69, 9.17) is 9.15 Å². The second-order valence-electron chi connectivity index (χ2n) is 3.94. The van der Waals surface area contributed by atoms with Crippen LogP contribution in [0.15, 0.2) is 40.8 Å². The van der Waals surface area contributed by atoms with Crippen LogP contribution in [0.4, 0.5) is 4.39 Å². The number of hydrogen-bond acceptors (Lipinski definition) is 3. The van der Waals surface area contributed by atoms with Gasteiger partial charge in [-0.1, -0.05) is 0 Å². The van der Waals surface area contributed by atoms with Gasteiger partial charge in [-0.05, 0) is 36.4 Å². The largest absolute Gasteiger partial charge is 1.00 e. The molecule has 0 aliphatic carbocycles. The van der Waals surface area contributed by atoms with E-state index in [0.29, 0.717) is 13.2 Å². The number of halogens is 2. The number of rotatable bonds is 6. The molecular formula is C14H16ClFNO2-. The van der Waals surface area contributed by atoms with E-state index < -0.39 is 0 Å². The van der Waals surface area contributed by atoms with E-state index in [0.717, 1.165) is 23.6 Å². The van der Waals surface area contributed by atoms with E-state index in [1.807, 2.05) is 12.1 Å². The Morgan fingerprint density at radius 1 is 1.16 bits per heavy atom. The Kier molecular flexibility index (Phi) is 6.56. The summed E-state index contributed by atoms with van der Waals surface area (Å²) in [4.78, 5) is 0. The highest BCUT2D eigenvalue weighted by Crippen LogP contribution is 2.22. The molecule has 0 unspecified atom stereocenters. The van der Waals surface area contributed by atoms with Gasteiger partial charge in [0.15, 0.2) is 0 Å². The van der Waals surface area contributed by atoms with Crippen LogP contribution in [0.3, 0.4) is 0 Å². The van der Waals surface area contributed by atoms with Gasteiger partial charge < -0.3 is 26.9 Å². The lowest BCUT2D eigenvalue weighted by Crippen LogP contribution is -3.00. The zero-order valence-electron chi connectivity index (χ0n) is 10.7. The monoisotopic (exact) mass is 284 g/mol. The van der Waals surface area contributed by atoms with Crippen molar-refractivity contribution in [3.8, 4) is 11.3 Å². The van der Waals surface area contributed by atoms with Gasteiger partial charge in [0.2, 0.25) is 0 Å². The first-order chi connectivity index (χ1) is 8.79. The quantitative estimate of drug-likeness (QED) is 0.748. The average Bonchev–Trinajstić information content (AvgIpc) is 2.84. The Labute approximate surface area is 118 Å². The van der Waals surface area contributed by atoms with Gasteiger partial charge >= 0.3 is 0 Å². The highest BCUT2D eigenvalue weighted by Gasteiger charge is 2.04. The molecular weight excluding hydrogens is 269 g/mol. The normalized spacial score (nSPS) is 10.2. The summed E-state index contributed by atoms with van der Waals surface area (Å²) in [6.07, 6.45) is 0. The maximum Gasteiger partial charge on any atom is 0.134 e. The molecule has 0 fully saturated rings. The topological polar surface area (TPSA) is 34.4 Å². The zero-order valence-corrected chi connectivity index (χ0v) is 11.4. The van der Waals surface area contributed by atoms with Crippen LogP contribution < -0.4 is 17.7 Å². The highest BCUT2D eigenvalue weighted by atomic mass is 35.5. The Morgan fingerprint density at radius 2 is 1.89 bits per heavy atom. The molecule has 0 bridgehead atoms. The van der Waals surface area contributed by atoms with E-state index >= 15 is 0 Å². The minimum absolute atomic E-state index is 0. The van der Waals surface area contributed by atoms with Gasteiger partial charge in [0.25, 0.3) is 0 Å². The fourth-order valence-electron chi connectivity index (χ4n) is 1.63. The smallest absolute Gasteiger partial charge is 0.134 e. The minimum Gasteiger partial charge on any atom is -1.00 e. The molecule has 3 nitrogen and oxygen atoms in total. The molecule has 0 aliphatic heterocycles. The fourth-order valence-corrected chi connectivity index (χ4v) is 1.63. The molecule has 1 aromatic heterocycles. The van der Waals surface area contributed by atoms with E-state index in [1.165, 1.54) is 12.1 Å². The molecule has 104 valence electrons. The zero-order chi connectivity index (χ0) is 12.8. The van der Waals surface area contributed by atoms with Crippen molar-refractivity contribution in [2.75, 3.05) is 20.3 Å². The van der Waals surface area contributed by atoms with Crippen molar-refractivity contribution in [1.29, 1.82) is 0 Å². The van der Waals surface area contributed by atoms with Gasteiger partial charge in [-0.15, -0.1) is 0 Å².